The second-order valence-electron chi connectivity index (χ2n) is 3.37. The van der Waals surface area contributed by atoms with Crippen LogP contribution in [-0.2, 0) is 13.6 Å². The third-order valence-electron chi connectivity index (χ3n) is 2.32. The van der Waals surface area contributed by atoms with E-state index in [9.17, 15) is 8.78 Å². The molecule has 0 bridgehead atoms. The van der Waals surface area contributed by atoms with Gasteiger partial charge in [0.1, 0.15) is 17.2 Å². The van der Waals surface area contributed by atoms with Crippen LogP contribution in [0.2, 0.25) is 0 Å². The number of hydrogen-bond acceptors (Lipinski definition) is 2. The predicted molar refractivity (Wildman–Crippen MR) is 53.4 cm³/mol. The second kappa shape index (κ2) is 3.58. The molecular formula is C10H11F2N3. The Morgan fingerprint density at radius 3 is 2.80 bits per heavy atom. The van der Waals surface area contributed by atoms with Crippen molar-refractivity contribution >= 4 is 11.0 Å². The van der Waals surface area contributed by atoms with Crippen LogP contribution in [-0.4, -0.2) is 16.6 Å². The molecule has 0 saturated heterocycles. The number of fused-ring (bicyclic) bond motifs is 1. The smallest absolute Gasteiger partial charge is 0.152 e. The molecule has 15 heavy (non-hydrogen) atoms. The summed E-state index contributed by atoms with van der Waals surface area (Å²) in [6.45, 7) is 0.520. The van der Waals surface area contributed by atoms with Crippen molar-refractivity contribution in [3.63, 3.8) is 0 Å². The molecule has 1 N–H and O–H groups in total. The van der Waals surface area contributed by atoms with Gasteiger partial charge in [-0.25, -0.2) is 13.8 Å². The quantitative estimate of drug-likeness (QED) is 0.817. The normalized spacial score (nSPS) is 11.2. The van der Waals surface area contributed by atoms with Crippen LogP contribution in [0.1, 0.15) is 5.82 Å². The molecule has 0 fully saturated rings. The van der Waals surface area contributed by atoms with Crippen molar-refractivity contribution in [1.29, 1.82) is 0 Å². The largest absolute Gasteiger partial charge is 0.328 e. The van der Waals surface area contributed by atoms with Gasteiger partial charge in [-0.2, -0.15) is 0 Å². The number of imidazole rings is 1. The van der Waals surface area contributed by atoms with Crippen molar-refractivity contribution in [1.82, 2.24) is 14.9 Å². The number of aromatic nitrogens is 2. The van der Waals surface area contributed by atoms with Gasteiger partial charge in [0, 0.05) is 19.2 Å². The zero-order valence-electron chi connectivity index (χ0n) is 8.51. The molecule has 3 nitrogen and oxygen atoms in total. The van der Waals surface area contributed by atoms with Crippen LogP contribution >= 0.6 is 0 Å². The van der Waals surface area contributed by atoms with E-state index in [1.54, 1.807) is 18.7 Å². The van der Waals surface area contributed by atoms with Gasteiger partial charge in [-0.1, -0.05) is 0 Å². The molecule has 2 rings (SSSR count). The van der Waals surface area contributed by atoms with Crippen LogP contribution in [0.5, 0.6) is 0 Å². The number of aryl methyl sites for hydroxylation is 1. The molecule has 80 valence electrons. The first kappa shape index (κ1) is 10.0. The Hall–Kier alpha value is -1.49. The summed E-state index contributed by atoms with van der Waals surface area (Å²) in [5, 5.41) is 2.92. The minimum Gasteiger partial charge on any atom is -0.328 e. The minimum atomic E-state index is -0.603. The first-order valence-electron chi connectivity index (χ1n) is 4.58. The van der Waals surface area contributed by atoms with Crippen LogP contribution in [0.4, 0.5) is 8.78 Å². The fourth-order valence-corrected chi connectivity index (χ4v) is 1.63. The average Bonchev–Trinajstić information content (AvgIpc) is 2.43. The van der Waals surface area contributed by atoms with Gasteiger partial charge in [0.15, 0.2) is 5.82 Å². The first-order chi connectivity index (χ1) is 7.13. The molecule has 0 aliphatic rings. The number of benzene rings is 1. The molecule has 0 saturated carbocycles. The summed E-state index contributed by atoms with van der Waals surface area (Å²) < 4.78 is 28.0. The molecular weight excluding hydrogens is 200 g/mol. The molecule has 0 unspecified atom stereocenters. The highest BCUT2D eigenvalue weighted by Crippen LogP contribution is 2.19. The van der Waals surface area contributed by atoms with Crippen molar-refractivity contribution in [2.45, 2.75) is 6.54 Å². The summed E-state index contributed by atoms with van der Waals surface area (Å²) in [5.74, 6) is -0.506. The Bertz CT molecular complexity index is 505. The summed E-state index contributed by atoms with van der Waals surface area (Å²) in [5.41, 5.74) is 0.682. The van der Waals surface area contributed by atoms with Gasteiger partial charge in [0.05, 0.1) is 12.1 Å². The highest BCUT2D eigenvalue weighted by Gasteiger charge is 2.12. The van der Waals surface area contributed by atoms with Gasteiger partial charge in [0.2, 0.25) is 0 Å². The van der Waals surface area contributed by atoms with E-state index in [1.165, 1.54) is 6.07 Å². The van der Waals surface area contributed by atoms with Crippen LogP contribution in [0.3, 0.4) is 0 Å². The maximum atomic E-state index is 13.4. The summed E-state index contributed by atoms with van der Waals surface area (Å²) in [4.78, 5) is 4.14. The third-order valence-corrected chi connectivity index (χ3v) is 2.32. The molecule has 0 atom stereocenters. The van der Waals surface area contributed by atoms with Crippen molar-refractivity contribution in [3.05, 3.63) is 29.6 Å². The standard InChI is InChI=1S/C10H11F2N3/c1-13-5-9-14-8-4-6(11)3-7(12)10(8)15(9)2/h3-4,13H,5H2,1-2H3. The number of nitrogens with zero attached hydrogens (tertiary/aromatic N) is 2. The lowest BCUT2D eigenvalue weighted by molar-refractivity contribution is 0.587. The molecule has 1 aromatic carbocycles. The SMILES string of the molecule is CNCc1nc2cc(F)cc(F)c2n1C. The summed E-state index contributed by atoms with van der Waals surface area (Å²) in [6, 6.07) is 2.10. The summed E-state index contributed by atoms with van der Waals surface area (Å²) in [6.07, 6.45) is 0. The molecule has 0 amide bonds. The van der Waals surface area contributed by atoms with Crippen molar-refractivity contribution < 1.29 is 8.78 Å². The number of rotatable bonds is 2. The molecule has 0 aliphatic carbocycles. The van der Waals surface area contributed by atoms with E-state index in [-0.39, 0.29) is 0 Å². The Balaban J connectivity index is 2.70. The molecule has 5 heteroatoms. The van der Waals surface area contributed by atoms with E-state index in [1.807, 2.05) is 0 Å². The highest BCUT2D eigenvalue weighted by atomic mass is 19.1. The van der Waals surface area contributed by atoms with E-state index in [0.717, 1.165) is 6.07 Å². The van der Waals surface area contributed by atoms with E-state index < -0.39 is 11.6 Å². The zero-order chi connectivity index (χ0) is 11.0. The Morgan fingerprint density at radius 1 is 1.40 bits per heavy atom. The van der Waals surface area contributed by atoms with Crippen LogP contribution in [0.25, 0.3) is 11.0 Å². The Morgan fingerprint density at radius 2 is 2.13 bits per heavy atom. The third kappa shape index (κ3) is 1.59. The van der Waals surface area contributed by atoms with E-state index in [0.29, 0.717) is 23.4 Å². The van der Waals surface area contributed by atoms with Gasteiger partial charge in [-0.3, -0.25) is 0 Å². The van der Waals surface area contributed by atoms with Crippen LogP contribution in [0, 0.1) is 11.6 Å². The van der Waals surface area contributed by atoms with Crippen molar-refractivity contribution in [2.24, 2.45) is 7.05 Å². The summed E-state index contributed by atoms with van der Waals surface area (Å²) in [7, 11) is 3.49. The van der Waals surface area contributed by atoms with E-state index in [4.69, 9.17) is 0 Å². The Kier molecular flexibility index (Phi) is 2.40. The van der Waals surface area contributed by atoms with Gasteiger partial charge >= 0.3 is 0 Å². The predicted octanol–water partition coefficient (Wildman–Crippen LogP) is 1.57. The van der Waals surface area contributed by atoms with Crippen molar-refractivity contribution in [2.75, 3.05) is 7.05 Å². The number of nitrogens with one attached hydrogen (secondary N) is 1. The molecule has 0 aliphatic heterocycles. The maximum Gasteiger partial charge on any atom is 0.152 e. The van der Waals surface area contributed by atoms with Gasteiger partial charge in [-0.05, 0) is 7.05 Å². The molecule has 1 heterocycles. The number of hydrogen-bond donors (Lipinski definition) is 1. The van der Waals surface area contributed by atoms with Crippen molar-refractivity contribution in [3.8, 4) is 0 Å². The highest BCUT2D eigenvalue weighted by molar-refractivity contribution is 5.76. The second-order valence-corrected chi connectivity index (χ2v) is 3.37. The molecule has 1 aromatic heterocycles. The molecule has 0 spiro atoms. The molecule has 2 aromatic rings. The average molecular weight is 211 g/mol. The van der Waals surface area contributed by atoms with Gasteiger partial charge in [0.25, 0.3) is 0 Å². The zero-order valence-corrected chi connectivity index (χ0v) is 8.51. The van der Waals surface area contributed by atoms with E-state index in [2.05, 4.69) is 10.3 Å². The van der Waals surface area contributed by atoms with Crippen LogP contribution in [0.15, 0.2) is 12.1 Å². The van der Waals surface area contributed by atoms with E-state index >= 15 is 0 Å². The van der Waals surface area contributed by atoms with Gasteiger partial charge in [-0.15, -0.1) is 0 Å². The monoisotopic (exact) mass is 211 g/mol. The first-order valence-corrected chi connectivity index (χ1v) is 4.58. The fraction of sp³-hybridized carbons (Fsp3) is 0.300. The minimum absolute atomic E-state index is 0.335. The van der Waals surface area contributed by atoms with Gasteiger partial charge < -0.3 is 9.88 Å². The lowest BCUT2D eigenvalue weighted by Gasteiger charge is -2.01. The van der Waals surface area contributed by atoms with Crippen LogP contribution < -0.4 is 5.32 Å². The lowest BCUT2D eigenvalue weighted by atomic mass is 10.3. The Labute approximate surface area is 85.7 Å². The lowest BCUT2D eigenvalue weighted by Crippen LogP contribution is -2.10. The fourth-order valence-electron chi connectivity index (χ4n) is 1.63. The number of halogens is 2. The molecule has 0 radical (unpaired) electrons. The summed E-state index contributed by atoms with van der Waals surface area (Å²) >= 11 is 0. The topological polar surface area (TPSA) is 29.9 Å². The maximum absolute atomic E-state index is 13.4.